The van der Waals surface area contributed by atoms with Crippen molar-refractivity contribution in [3.05, 3.63) is 82.0 Å². The Morgan fingerprint density at radius 1 is 1.09 bits per heavy atom. The van der Waals surface area contributed by atoms with Gasteiger partial charge >= 0.3 is 0 Å². The van der Waals surface area contributed by atoms with Gasteiger partial charge in [0.1, 0.15) is 5.75 Å². The van der Waals surface area contributed by atoms with Crippen molar-refractivity contribution < 1.29 is 9.84 Å². The monoisotopic (exact) mass is 448 g/mol. The Morgan fingerprint density at radius 3 is 2.82 bits per heavy atom. The van der Waals surface area contributed by atoms with E-state index in [1.807, 2.05) is 0 Å². The predicted octanol–water partition coefficient (Wildman–Crippen LogP) is 4.92. The van der Waals surface area contributed by atoms with E-state index < -0.39 is 11.0 Å². The van der Waals surface area contributed by atoms with Crippen molar-refractivity contribution in [1.29, 1.82) is 0 Å². The molecule has 1 N–H and O–H groups in total. The molecule has 0 saturated carbocycles. The van der Waals surface area contributed by atoms with Gasteiger partial charge in [-0.1, -0.05) is 42.5 Å². The highest BCUT2D eigenvalue weighted by atomic mass is 16.5. The van der Waals surface area contributed by atoms with Gasteiger partial charge in [0.15, 0.2) is 6.10 Å². The Morgan fingerprint density at radius 2 is 1.94 bits per heavy atom. The van der Waals surface area contributed by atoms with Gasteiger partial charge in [-0.25, -0.2) is 4.98 Å². The summed E-state index contributed by atoms with van der Waals surface area (Å²) in [5.74, 6) is 0.995. The van der Waals surface area contributed by atoms with Gasteiger partial charge < -0.3 is 14.7 Å². The molecule has 4 heteroatoms. The second-order valence-electron chi connectivity index (χ2n) is 11.0. The van der Waals surface area contributed by atoms with Crippen LogP contribution in [0.4, 0.5) is 0 Å². The molecule has 0 amide bonds. The molecule has 2 bridgehead atoms. The molecule has 170 valence electrons. The second-order valence-corrected chi connectivity index (χ2v) is 11.0. The summed E-state index contributed by atoms with van der Waals surface area (Å²) in [6.45, 7) is 5.32. The maximum absolute atomic E-state index is 12.8. The van der Waals surface area contributed by atoms with Gasteiger partial charge in [-0.2, -0.15) is 0 Å². The maximum atomic E-state index is 12.8. The molecular weight excluding hydrogens is 420 g/mol. The summed E-state index contributed by atoms with van der Waals surface area (Å²) in [7, 11) is 2.18. The molecule has 0 radical (unpaired) electrons. The van der Waals surface area contributed by atoms with E-state index in [2.05, 4.69) is 74.3 Å². The van der Waals surface area contributed by atoms with Crippen LogP contribution in [0.1, 0.15) is 46.0 Å². The minimum absolute atomic E-state index is 0.0734. The number of aryl methyl sites for hydroxylation is 2. The van der Waals surface area contributed by atoms with Gasteiger partial charge in [0, 0.05) is 23.4 Å². The number of benzene rings is 3. The highest BCUT2D eigenvalue weighted by Gasteiger charge is 2.72. The summed E-state index contributed by atoms with van der Waals surface area (Å²) in [4.78, 5) is 7.70. The van der Waals surface area contributed by atoms with Gasteiger partial charge in [0.05, 0.1) is 22.2 Å². The van der Waals surface area contributed by atoms with E-state index in [-0.39, 0.29) is 12.1 Å². The van der Waals surface area contributed by atoms with Crippen LogP contribution in [0.2, 0.25) is 0 Å². The zero-order chi connectivity index (χ0) is 23.0. The molecule has 0 unspecified atom stereocenters. The third-order valence-electron chi connectivity index (χ3n) is 9.68. The second kappa shape index (κ2) is 5.99. The molecule has 2 aliphatic heterocycles. The van der Waals surface area contributed by atoms with E-state index in [9.17, 15) is 5.11 Å². The minimum Gasteiger partial charge on any atom is -0.482 e. The number of ether oxygens (including phenoxy) is 1. The average molecular weight is 449 g/mol. The fraction of sp³-hybridized carbons (Fsp3) is 0.367. The number of aromatic nitrogens is 1. The number of piperidine rings is 1. The van der Waals surface area contributed by atoms with Crippen LogP contribution in [0.15, 0.2) is 48.5 Å². The number of rotatable bonds is 0. The summed E-state index contributed by atoms with van der Waals surface area (Å²) < 4.78 is 6.89. The molecule has 3 aromatic carbocycles. The van der Waals surface area contributed by atoms with E-state index in [1.165, 1.54) is 38.4 Å². The average Bonchev–Trinajstić information content (AvgIpc) is 3.19. The smallest absolute Gasteiger partial charge is 0.153 e. The van der Waals surface area contributed by atoms with E-state index in [0.717, 1.165) is 41.9 Å². The fourth-order valence-corrected chi connectivity index (χ4v) is 8.07. The van der Waals surface area contributed by atoms with Crippen LogP contribution in [-0.2, 0) is 18.3 Å². The molecule has 3 heterocycles. The van der Waals surface area contributed by atoms with Crippen molar-refractivity contribution in [2.24, 2.45) is 0 Å². The molecule has 4 atom stereocenters. The van der Waals surface area contributed by atoms with Gasteiger partial charge in [-0.05, 0) is 79.4 Å². The molecule has 1 aromatic heterocycles. The first-order valence-electron chi connectivity index (χ1n) is 12.5. The van der Waals surface area contributed by atoms with Crippen LogP contribution in [0.25, 0.3) is 21.7 Å². The van der Waals surface area contributed by atoms with Crippen LogP contribution in [0.3, 0.4) is 0 Å². The summed E-state index contributed by atoms with van der Waals surface area (Å²) in [5.41, 5.74) is 6.94. The van der Waals surface area contributed by atoms with E-state index in [4.69, 9.17) is 9.72 Å². The molecule has 4 nitrogen and oxygen atoms in total. The Kier molecular flexibility index (Phi) is 3.41. The molecule has 1 spiro atoms. The molecule has 1 fully saturated rings. The molecule has 2 aliphatic carbocycles. The first kappa shape index (κ1) is 19.4. The lowest BCUT2D eigenvalue weighted by Gasteiger charge is -2.62. The first-order chi connectivity index (χ1) is 16.4. The fourth-order valence-electron chi connectivity index (χ4n) is 8.07. The zero-order valence-corrected chi connectivity index (χ0v) is 19.9. The lowest BCUT2D eigenvalue weighted by Crippen LogP contribution is -2.74. The number of likely N-dealkylation sites (N-methyl/N-ethyl adjacent to an activating group) is 1. The molecule has 1 saturated heterocycles. The van der Waals surface area contributed by atoms with E-state index >= 15 is 0 Å². The molecule has 4 aliphatic rings. The molecule has 8 rings (SSSR count). The van der Waals surface area contributed by atoms with Crippen LogP contribution in [0, 0.1) is 13.8 Å². The van der Waals surface area contributed by atoms with Gasteiger partial charge in [-0.15, -0.1) is 0 Å². The minimum atomic E-state index is -0.881. The lowest BCUT2D eigenvalue weighted by molar-refractivity contribution is -0.168. The summed E-state index contributed by atoms with van der Waals surface area (Å²) in [6.07, 6.45) is 2.14. The quantitative estimate of drug-likeness (QED) is 0.388. The number of aliphatic hydroxyl groups is 1. The SMILES string of the molecule is Cc1ccc2c3c1O[C@H]1c4nc5ccc6ccccc6c5c(C)c4C[C@@]4(O)[C@H](C2)N(C)CC[C@]314. The van der Waals surface area contributed by atoms with Crippen molar-refractivity contribution in [2.75, 3.05) is 13.6 Å². The van der Waals surface area contributed by atoms with Crippen LogP contribution < -0.4 is 4.74 Å². The normalized spacial score (nSPS) is 30.8. The van der Waals surface area contributed by atoms with Gasteiger partial charge in [0.25, 0.3) is 0 Å². The third-order valence-corrected chi connectivity index (χ3v) is 9.68. The Bertz CT molecular complexity index is 1580. The van der Waals surface area contributed by atoms with Crippen LogP contribution in [-0.4, -0.2) is 40.2 Å². The number of nitrogens with zero attached hydrogens (tertiary/aromatic N) is 2. The number of fused-ring (bicyclic) bond motifs is 5. The first-order valence-corrected chi connectivity index (χ1v) is 12.5. The zero-order valence-electron chi connectivity index (χ0n) is 19.9. The number of hydrogen-bond acceptors (Lipinski definition) is 4. The maximum Gasteiger partial charge on any atom is 0.153 e. The topological polar surface area (TPSA) is 45.6 Å². The highest BCUT2D eigenvalue weighted by molar-refractivity contribution is 6.08. The Hall–Kier alpha value is -2.95. The van der Waals surface area contributed by atoms with E-state index in [1.54, 1.807) is 0 Å². The summed E-state index contributed by atoms with van der Waals surface area (Å²) in [5, 5.41) is 16.4. The molecule has 34 heavy (non-hydrogen) atoms. The van der Waals surface area contributed by atoms with E-state index in [0.29, 0.717) is 6.42 Å². The van der Waals surface area contributed by atoms with Gasteiger partial charge in [0.2, 0.25) is 0 Å². The lowest BCUT2D eigenvalue weighted by atomic mass is 9.48. The van der Waals surface area contributed by atoms with Crippen molar-refractivity contribution >= 4 is 21.7 Å². The van der Waals surface area contributed by atoms with Gasteiger partial charge in [-0.3, -0.25) is 0 Å². The van der Waals surface area contributed by atoms with Crippen molar-refractivity contribution in [3.8, 4) is 5.75 Å². The van der Waals surface area contributed by atoms with Crippen LogP contribution >= 0.6 is 0 Å². The Balaban J connectivity index is 1.49. The summed E-state index contributed by atoms with van der Waals surface area (Å²) in [6, 6.07) is 17.4. The molecular formula is C30H28N2O2. The van der Waals surface area contributed by atoms with Crippen molar-refractivity contribution in [1.82, 2.24) is 9.88 Å². The number of hydrogen-bond donors (Lipinski definition) is 1. The summed E-state index contributed by atoms with van der Waals surface area (Å²) >= 11 is 0. The predicted molar refractivity (Wildman–Crippen MR) is 134 cm³/mol. The number of likely N-dealkylation sites (tertiary alicyclic amines) is 1. The third kappa shape index (κ3) is 1.96. The standard InChI is InChI=1S/C30H28N2O2/c1-16-8-9-19-14-23-30(33)15-21-17(2)24-20-7-5-4-6-18(20)10-11-22(24)31-26(21)28-29(30,12-13-32(23)3)25(19)27(16)34-28/h4-11,23,28,33H,12-15H2,1-3H3/t23-,28-,29-,30+/m0/s1. The largest absolute Gasteiger partial charge is 0.482 e. The molecule has 4 aromatic rings. The van der Waals surface area contributed by atoms with Crippen molar-refractivity contribution in [2.45, 2.75) is 56.3 Å². The number of pyridine rings is 1. The van der Waals surface area contributed by atoms with Crippen molar-refractivity contribution in [3.63, 3.8) is 0 Å². The highest BCUT2D eigenvalue weighted by Crippen LogP contribution is 2.67. The Labute approximate surface area is 199 Å². The van der Waals surface area contributed by atoms with Crippen LogP contribution in [0.5, 0.6) is 5.75 Å².